The predicted octanol–water partition coefficient (Wildman–Crippen LogP) is -3.08. The van der Waals surface area contributed by atoms with Gasteiger partial charge in [0.25, 0.3) is 0 Å². The first-order valence-electron chi connectivity index (χ1n) is 18.9. The van der Waals surface area contributed by atoms with Gasteiger partial charge in [0.15, 0.2) is 34.0 Å². The molecule has 0 aromatic rings. The lowest BCUT2D eigenvalue weighted by Crippen LogP contribution is -2.81. The van der Waals surface area contributed by atoms with Gasteiger partial charge in [-0.3, -0.25) is 14.4 Å². The number of carbonyl (C=O) groups is 3. The number of aliphatic hydroxyl groups is 12. The SMILES string of the molecule is C=CCCC(CC(C(CC)[C@@]1(O)O[C@H](CO)[C@H](O)[C@H](O)[C@@]1(N=[N+]=[N-])C(C)=O)[C@@]1(O)O[C@H](CO)[C@H](O)[C@H](O)[C@@]1(N=[N+]=[N-])C(C)=O)[C@@]1(O)O[C@H](CO)[C@H](O)[C@H](O)[C@@]1(N=[N+]=[N-])C(C)=O. The maximum atomic E-state index is 13.9. The largest absolute Gasteiger partial charge is 0.394 e. The molecule has 3 fully saturated rings. The van der Waals surface area contributed by atoms with Gasteiger partial charge in [0.2, 0.25) is 0 Å². The predicted molar refractivity (Wildman–Crippen MR) is 199 cm³/mol. The van der Waals surface area contributed by atoms with E-state index in [-0.39, 0.29) is 6.42 Å². The van der Waals surface area contributed by atoms with Crippen molar-refractivity contribution < 1.29 is 89.9 Å². The lowest BCUT2D eigenvalue weighted by molar-refractivity contribution is -0.402. The number of hydrogen-bond acceptors (Lipinski definition) is 21. The van der Waals surface area contributed by atoms with Gasteiger partial charge >= 0.3 is 0 Å². The number of nitrogens with zero attached hydrogens (tertiary/aromatic N) is 9. The van der Waals surface area contributed by atoms with Crippen LogP contribution in [0.3, 0.4) is 0 Å². The van der Waals surface area contributed by atoms with Crippen molar-refractivity contribution in [2.75, 3.05) is 19.8 Å². The maximum Gasteiger partial charge on any atom is 0.190 e. The normalized spacial score (nSPS) is 42.7. The van der Waals surface area contributed by atoms with Crippen LogP contribution in [0.25, 0.3) is 31.3 Å². The standard InChI is InChI=1S/C34H53N9O18/c1-6-8-9-17(32(56)29(14(3)47,38-41-35)26(53)23(50)20(11-44)59-32)10-19(34(58)31(16(5)49,40-43-37)28(55)25(52)22(13-46)61-34)18(7-2)33(57)30(15(4)48,39-42-36)27(54)24(51)21(12-45)60-33/h6,17-28,44-46,50-58H,1,7-13H2,2-5H3/t17?,18?,19?,20-,21-,22-,23+,24+,25+,26+,27+,28+,29+,30+,31+,32-,33-,34-/m1/s1. The van der Waals surface area contributed by atoms with Gasteiger partial charge in [-0.2, -0.15) is 0 Å². The van der Waals surface area contributed by atoms with E-state index in [2.05, 4.69) is 36.7 Å². The van der Waals surface area contributed by atoms with Crippen molar-refractivity contribution in [1.29, 1.82) is 0 Å². The Morgan fingerprint density at radius 2 is 0.951 bits per heavy atom. The van der Waals surface area contributed by atoms with Gasteiger partial charge in [0.1, 0.15) is 72.3 Å². The molecule has 0 saturated carbocycles. The summed E-state index contributed by atoms with van der Waals surface area (Å²) in [5.74, 6) is -22.2. The Morgan fingerprint density at radius 1 is 0.639 bits per heavy atom. The monoisotopic (exact) mass is 875 g/mol. The van der Waals surface area contributed by atoms with E-state index in [4.69, 9.17) is 14.2 Å². The molecule has 27 heteroatoms. The minimum Gasteiger partial charge on any atom is -0.394 e. The highest BCUT2D eigenvalue weighted by Crippen LogP contribution is 2.58. The van der Waals surface area contributed by atoms with Gasteiger partial charge in [-0.15, -0.1) is 6.58 Å². The van der Waals surface area contributed by atoms with Gasteiger partial charge in [0.05, 0.1) is 19.8 Å². The van der Waals surface area contributed by atoms with Crippen LogP contribution in [0.15, 0.2) is 28.0 Å². The molecule has 0 bridgehead atoms. The number of hydrogen-bond donors (Lipinski definition) is 12. The van der Waals surface area contributed by atoms with Crippen LogP contribution >= 0.6 is 0 Å². The second-order valence-electron chi connectivity index (χ2n) is 15.4. The number of ether oxygens (including phenoxy) is 3. The first-order valence-corrected chi connectivity index (χ1v) is 18.9. The molecule has 3 heterocycles. The van der Waals surface area contributed by atoms with E-state index in [1.54, 1.807) is 0 Å². The molecule has 3 saturated heterocycles. The number of carbonyl (C=O) groups excluding carboxylic acids is 3. The Labute approximate surface area is 346 Å². The highest BCUT2D eigenvalue weighted by molar-refractivity contribution is 5.90. The molecule has 342 valence electrons. The Balaban J connectivity index is 2.74. The van der Waals surface area contributed by atoms with Crippen LogP contribution in [0.5, 0.6) is 0 Å². The van der Waals surface area contributed by atoms with Crippen molar-refractivity contribution >= 4 is 17.3 Å². The second-order valence-corrected chi connectivity index (χ2v) is 15.4. The molecule has 61 heavy (non-hydrogen) atoms. The number of aliphatic hydroxyl groups excluding tert-OH is 9. The smallest absolute Gasteiger partial charge is 0.190 e. The molecule has 0 spiro atoms. The Bertz CT molecular complexity index is 1800. The van der Waals surface area contributed by atoms with E-state index in [9.17, 15) is 92.3 Å². The molecule has 18 atom stereocenters. The molecule has 0 aliphatic carbocycles. The third kappa shape index (κ3) is 7.48. The molecule has 0 aromatic carbocycles. The molecular weight excluding hydrogens is 822 g/mol. The van der Waals surface area contributed by atoms with Crippen LogP contribution in [0.1, 0.15) is 53.4 Å². The molecule has 27 nitrogen and oxygen atoms in total. The third-order valence-electron chi connectivity index (χ3n) is 12.5. The van der Waals surface area contributed by atoms with Crippen molar-refractivity contribution in [1.82, 2.24) is 0 Å². The number of Topliss-reactive ketones (excluding diaryl/α,β-unsaturated/α-hetero) is 3. The van der Waals surface area contributed by atoms with E-state index in [1.807, 2.05) is 0 Å². The van der Waals surface area contributed by atoms with Gasteiger partial charge in [-0.05, 0) is 63.0 Å². The molecular formula is C34H53N9O18. The zero-order valence-corrected chi connectivity index (χ0v) is 33.5. The number of allylic oxidation sites excluding steroid dienone is 1. The Kier molecular flexibility index (Phi) is 16.2. The summed E-state index contributed by atoms with van der Waals surface area (Å²) < 4.78 is 17.4. The molecule has 12 N–H and O–H groups in total. The quantitative estimate of drug-likeness (QED) is 0.0265. The zero-order chi connectivity index (χ0) is 46.7. The van der Waals surface area contributed by atoms with Gasteiger partial charge in [-0.25, -0.2) is 0 Å². The van der Waals surface area contributed by atoms with Crippen LogP contribution in [0.4, 0.5) is 0 Å². The Hall–Kier alpha value is -3.92. The third-order valence-corrected chi connectivity index (χ3v) is 12.5. The summed E-state index contributed by atoms with van der Waals surface area (Å²) in [6, 6.07) is 0. The summed E-state index contributed by atoms with van der Waals surface area (Å²) >= 11 is 0. The summed E-state index contributed by atoms with van der Waals surface area (Å²) in [6.07, 6.45) is -22.8. The summed E-state index contributed by atoms with van der Waals surface area (Å²) in [6.45, 7) is 3.08. The van der Waals surface area contributed by atoms with E-state index in [0.29, 0.717) is 20.8 Å². The minimum absolute atomic E-state index is 0.255. The van der Waals surface area contributed by atoms with Crippen molar-refractivity contribution in [3.63, 3.8) is 0 Å². The van der Waals surface area contributed by atoms with Gasteiger partial charge in [-0.1, -0.05) is 28.3 Å². The van der Waals surface area contributed by atoms with Crippen LogP contribution in [-0.2, 0) is 28.6 Å². The molecule has 0 radical (unpaired) electrons. The maximum absolute atomic E-state index is 13.9. The summed E-state index contributed by atoms with van der Waals surface area (Å²) in [7, 11) is 0. The molecule has 3 aliphatic heterocycles. The number of azide groups is 3. The fourth-order valence-corrected chi connectivity index (χ4v) is 9.47. The molecule has 0 aromatic heterocycles. The second kappa shape index (κ2) is 19.2. The lowest BCUT2D eigenvalue weighted by atomic mass is 9.57. The topological polar surface area (TPSA) is 468 Å². The first kappa shape index (κ1) is 51.4. The fourth-order valence-electron chi connectivity index (χ4n) is 9.47. The van der Waals surface area contributed by atoms with E-state index in [1.165, 1.54) is 13.0 Å². The number of rotatable bonds is 19. The van der Waals surface area contributed by atoms with Crippen LogP contribution in [-0.4, -0.2) is 187 Å². The first-order chi connectivity index (χ1) is 28.5. The molecule has 3 unspecified atom stereocenters. The van der Waals surface area contributed by atoms with Crippen molar-refractivity contribution in [3.8, 4) is 0 Å². The van der Waals surface area contributed by atoms with Crippen molar-refractivity contribution in [3.05, 3.63) is 44.0 Å². The van der Waals surface area contributed by atoms with Crippen LogP contribution < -0.4 is 0 Å². The van der Waals surface area contributed by atoms with E-state index in [0.717, 1.165) is 0 Å². The van der Waals surface area contributed by atoms with Crippen LogP contribution in [0.2, 0.25) is 0 Å². The minimum atomic E-state index is -3.80. The average molecular weight is 876 g/mol. The summed E-state index contributed by atoms with van der Waals surface area (Å²) in [5, 5.41) is 148. The number of ketones is 3. The van der Waals surface area contributed by atoms with Crippen LogP contribution in [0, 0.1) is 17.8 Å². The highest BCUT2D eigenvalue weighted by atomic mass is 16.7. The highest BCUT2D eigenvalue weighted by Gasteiger charge is 2.77. The van der Waals surface area contributed by atoms with Gasteiger partial charge in [0, 0.05) is 32.5 Å². The lowest BCUT2D eigenvalue weighted by Gasteiger charge is -2.62. The summed E-state index contributed by atoms with van der Waals surface area (Å²) in [4.78, 5) is 49.1. The zero-order valence-electron chi connectivity index (χ0n) is 33.5. The Morgan fingerprint density at radius 3 is 1.23 bits per heavy atom. The molecule has 3 aliphatic rings. The molecule has 0 amide bonds. The van der Waals surface area contributed by atoms with E-state index < -0.39 is 163 Å². The van der Waals surface area contributed by atoms with Crippen molar-refractivity contribution in [2.24, 2.45) is 33.1 Å². The van der Waals surface area contributed by atoms with Crippen molar-refractivity contribution in [2.45, 2.75) is 142 Å². The van der Waals surface area contributed by atoms with Gasteiger partial charge < -0.3 is 75.5 Å². The fraction of sp³-hybridized carbons (Fsp3) is 0.853. The van der Waals surface area contributed by atoms with E-state index >= 15 is 0 Å². The molecule has 3 rings (SSSR count). The summed E-state index contributed by atoms with van der Waals surface area (Å²) in [5.41, 5.74) is 19.2. The average Bonchev–Trinajstić information content (AvgIpc) is 3.21.